The van der Waals surface area contributed by atoms with Crippen LogP contribution in [0.1, 0.15) is 19.3 Å². The van der Waals surface area contributed by atoms with Gasteiger partial charge >= 0.3 is 6.03 Å². The monoisotopic (exact) mass is 294 g/mol. The number of carbonyl (C=O) groups excluding carboxylic acids is 1. The Morgan fingerprint density at radius 3 is 2.80 bits per heavy atom. The van der Waals surface area contributed by atoms with Gasteiger partial charge in [-0.25, -0.2) is 4.79 Å². The molecule has 2 amide bonds. The molecule has 5 heteroatoms. The van der Waals surface area contributed by atoms with Crippen LogP contribution in [-0.4, -0.2) is 23.8 Å². The van der Waals surface area contributed by atoms with E-state index in [1.807, 2.05) is 12.1 Å². The first-order chi connectivity index (χ1) is 9.69. The zero-order valence-electron chi connectivity index (χ0n) is 11.2. The van der Waals surface area contributed by atoms with E-state index in [1.54, 1.807) is 12.1 Å². The molecule has 1 aromatic carbocycles. The first-order valence-electron chi connectivity index (χ1n) is 7.12. The smallest absolute Gasteiger partial charge is 0.319 e. The molecule has 20 heavy (non-hydrogen) atoms. The maximum Gasteiger partial charge on any atom is 0.319 e. The van der Waals surface area contributed by atoms with Crippen LogP contribution in [0.3, 0.4) is 0 Å². The lowest BCUT2D eigenvalue weighted by Crippen LogP contribution is -2.46. The average molecular weight is 295 g/mol. The van der Waals surface area contributed by atoms with E-state index in [0.29, 0.717) is 22.5 Å². The fraction of sp³-hybridized carbons (Fsp3) is 0.533. The number of rotatable bonds is 3. The number of nitrogens with one attached hydrogen (secondary N) is 2. The van der Waals surface area contributed by atoms with Crippen LogP contribution in [0, 0.1) is 17.8 Å². The first-order valence-corrected chi connectivity index (χ1v) is 7.49. The topological polar surface area (TPSA) is 61.4 Å². The van der Waals surface area contributed by atoms with Crippen molar-refractivity contribution in [1.29, 1.82) is 0 Å². The second-order valence-corrected chi connectivity index (χ2v) is 6.19. The summed E-state index contributed by atoms with van der Waals surface area (Å²) in [6.07, 6.45) is 3.46. The van der Waals surface area contributed by atoms with Gasteiger partial charge in [-0.1, -0.05) is 23.7 Å². The van der Waals surface area contributed by atoms with Crippen molar-refractivity contribution in [3.8, 4) is 0 Å². The number of aliphatic hydroxyl groups is 1. The Morgan fingerprint density at radius 1 is 1.30 bits per heavy atom. The van der Waals surface area contributed by atoms with Crippen LogP contribution in [0.4, 0.5) is 10.5 Å². The zero-order valence-corrected chi connectivity index (χ0v) is 11.9. The summed E-state index contributed by atoms with van der Waals surface area (Å²) < 4.78 is 0. The summed E-state index contributed by atoms with van der Waals surface area (Å²) in [6, 6.07) is 7.01. The van der Waals surface area contributed by atoms with Crippen LogP contribution in [-0.2, 0) is 0 Å². The molecule has 2 saturated carbocycles. The summed E-state index contributed by atoms with van der Waals surface area (Å²) in [6.45, 7) is 0.151. The summed E-state index contributed by atoms with van der Waals surface area (Å²) in [5.41, 5.74) is 0.607. The summed E-state index contributed by atoms with van der Waals surface area (Å²) in [5.74, 6) is 1.27. The van der Waals surface area contributed by atoms with E-state index in [-0.39, 0.29) is 24.6 Å². The number of benzene rings is 1. The quantitative estimate of drug-likeness (QED) is 0.803. The fourth-order valence-corrected chi connectivity index (χ4v) is 3.95. The van der Waals surface area contributed by atoms with E-state index < -0.39 is 0 Å². The summed E-state index contributed by atoms with van der Waals surface area (Å²) in [4.78, 5) is 12.1. The third-order valence-electron chi connectivity index (χ3n) is 4.72. The van der Waals surface area contributed by atoms with E-state index in [2.05, 4.69) is 10.6 Å². The largest absolute Gasteiger partial charge is 0.396 e. The Bertz CT molecular complexity index is 508. The van der Waals surface area contributed by atoms with Crippen molar-refractivity contribution in [3.05, 3.63) is 29.3 Å². The molecule has 0 aromatic heterocycles. The zero-order chi connectivity index (χ0) is 14.1. The highest BCUT2D eigenvalue weighted by molar-refractivity contribution is 6.33. The summed E-state index contributed by atoms with van der Waals surface area (Å²) >= 11 is 6.02. The van der Waals surface area contributed by atoms with Gasteiger partial charge in [0, 0.05) is 18.6 Å². The Kier molecular flexibility index (Phi) is 3.85. The molecule has 0 saturated heterocycles. The number of fused-ring (bicyclic) bond motifs is 2. The Hall–Kier alpha value is -1.26. The highest BCUT2D eigenvalue weighted by Crippen LogP contribution is 2.48. The number of amides is 2. The second-order valence-electron chi connectivity index (χ2n) is 5.78. The lowest BCUT2D eigenvalue weighted by molar-refractivity contribution is 0.146. The van der Waals surface area contributed by atoms with Gasteiger partial charge in [0.05, 0.1) is 10.7 Å². The van der Waals surface area contributed by atoms with E-state index >= 15 is 0 Å². The molecule has 3 N–H and O–H groups in total. The van der Waals surface area contributed by atoms with Gasteiger partial charge in [0.15, 0.2) is 0 Å². The van der Waals surface area contributed by atoms with Crippen LogP contribution in [0.25, 0.3) is 0 Å². The number of carbonyl (C=O) groups is 1. The van der Waals surface area contributed by atoms with Gasteiger partial charge in [-0.05, 0) is 43.2 Å². The first kappa shape index (κ1) is 13.7. The lowest BCUT2D eigenvalue weighted by Gasteiger charge is -2.30. The van der Waals surface area contributed by atoms with Crippen molar-refractivity contribution in [2.45, 2.75) is 25.3 Å². The number of halogens is 1. The van der Waals surface area contributed by atoms with Crippen LogP contribution in [0.5, 0.6) is 0 Å². The van der Waals surface area contributed by atoms with Crippen LogP contribution >= 0.6 is 11.6 Å². The van der Waals surface area contributed by atoms with Crippen LogP contribution in [0.15, 0.2) is 24.3 Å². The van der Waals surface area contributed by atoms with Crippen molar-refractivity contribution < 1.29 is 9.90 Å². The highest BCUT2D eigenvalue weighted by atomic mass is 35.5. The van der Waals surface area contributed by atoms with Crippen LogP contribution < -0.4 is 10.6 Å². The van der Waals surface area contributed by atoms with Gasteiger partial charge in [-0.2, -0.15) is 0 Å². The second kappa shape index (κ2) is 5.62. The molecule has 1 aromatic rings. The maximum absolute atomic E-state index is 12.1. The van der Waals surface area contributed by atoms with Crippen LogP contribution in [0.2, 0.25) is 5.02 Å². The van der Waals surface area contributed by atoms with Gasteiger partial charge in [-0.3, -0.25) is 0 Å². The van der Waals surface area contributed by atoms with E-state index in [9.17, 15) is 9.90 Å². The maximum atomic E-state index is 12.1. The number of urea groups is 1. The minimum Gasteiger partial charge on any atom is -0.396 e. The Morgan fingerprint density at radius 2 is 2.05 bits per heavy atom. The molecule has 4 atom stereocenters. The minimum absolute atomic E-state index is 0.0845. The van der Waals surface area contributed by atoms with Gasteiger partial charge < -0.3 is 15.7 Å². The van der Waals surface area contributed by atoms with E-state index in [4.69, 9.17) is 11.6 Å². The van der Waals surface area contributed by atoms with E-state index in [1.165, 1.54) is 6.42 Å². The molecule has 2 bridgehead atoms. The molecule has 4 nitrogen and oxygen atoms in total. The molecule has 4 unspecified atom stereocenters. The normalized spacial score (nSPS) is 31.3. The third-order valence-corrected chi connectivity index (χ3v) is 5.05. The molecule has 108 valence electrons. The standard InChI is InChI=1S/C15H19ClN2O2/c16-12-3-1-2-4-13(12)17-15(20)18-14-10-6-5-9(7-10)11(14)8-19/h1-4,9-11,14,19H,5-8H2,(H2,17,18,20). The molecule has 0 radical (unpaired) electrons. The van der Waals surface area contributed by atoms with Crippen molar-refractivity contribution in [1.82, 2.24) is 5.32 Å². The average Bonchev–Trinajstić information content (AvgIpc) is 3.02. The molecular weight excluding hydrogens is 276 g/mol. The van der Waals surface area contributed by atoms with Gasteiger partial charge in [0.1, 0.15) is 0 Å². The molecule has 0 aliphatic heterocycles. The molecular formula is C15H19ClN2O2. The molecule has 0 spiro atoms. The Labute approximate surface area is 123 Å². The number of aliphatic hydroxyl groups excluding tert-OH is 1. The number of anilines is 1. The molecule has 2 fully saturated rings. The summed E-state index contributed by atoms with van der Waals surface area (Å²) in [7, 11) is 0. The number of para-hydroxylation sites is 1. The lowest BCUT2D eigenvalue weighted by atomic mass is 9.85. The van der Waals surface area contributed by atoms with Gasteiger partial charge in [-0.15, -0.1) is 0 Å². The minimum atomic E-state index is -0.242. The Balaban J connectivity index is 1.63. The number of hydrogen-bond acceptors (Lipinski definition) is 2. The van der Waals surface area contributed by atoms with Crippen molar-refractivity contribution >= 4 is 23.3 Å². The third kappa shape index (κ3) is 2.50. The predicted molar refractivity (Wildman–Crippen MR) is 78.8 cm³/mol. The number of hydrogen-bond donors (Lipinski definition) is 3. The van der Waals surface area contributed by atoms with Crippen molar-refractivity contribution in [2.24, 2.45) is 17.8 Å². The van der Waals surface area contributed by atoms with E-state index in [0.717, 1.165) is 12.8 Å². The van der Waals surface area contributed by atoms with Gasteiger partial charge in [0.2, 0.25) is 0 Å². The van der Waals surface area contributed by atoms with Crippen molar-refractivity contribution in [3.63, 3.8) is 0 Å². The highest BCUT2D eigenvalue weighted by Gasteiger charge is 2.47. The van der Waals surface area contributed by atoms with Gasteiger partial charge in [0.25, 0.3) is 0 Å². The molecule has 0 heterocycles. The molecule has 2 aliphatic carbocycles. The van der Waals surface area contributed by atoms with Crippen molar-refractivity contribution in [2.75, 3.05) is 11.9 Å². The predicted octanol–water partition coefficient (Wildman–Crippen LogP) is 2.87. The fourth-order valence-electron chi connectivity index (χ4n) is 3.77. The SMILES string of the molecule is O=C(Nc1ccccc1Cl)NC1C2CCC(C2)C1CO. The molecule has 3 rings (SSSR count). The molecule has 2 aliphatic rings. The summed E-state index contributed by atoms with van der Waals surface area (Å²) in [5, 5.41) is 15.8.